The van der Waals surface area contributed by atoms with Crippen LogP contribution in [0.4, 0.5) is 13.2 Å². The fraction of sp³-hybridized carbons (Fsp3) is 0.389. The van der Waals surface area contributed by atoms with Crippen LogP contribution in [0.25, 0.3) is 0 Å². The Kier molecular flexibility index (Phi) is 4.35. The van der Waals surface area contributed by atoms with Crippen LogP contribution >= 0.6 is 15.9 Å². The number of aromatic nitrogens is 1. The molecule has 26 heavy (non-hydrogen) atoms. The quantitative estimate of drug-likeness (QED) is 0.706. The van der Waals surface area contributed by atoms with Crippen LogP contribution in [0.2, 0.25) is 0 Å². The lowest BCUT2D eigenvalue weighted by Crippen LogP contribution is -2.47. The van der Waals surface area contributed by atoms with Gasteiger partial charge in [0.05, 0.1) is 18.3 Å². The number of hydrogen-bond donors (Lipinski definition) is 0. The average Bonchev–Trinajstić information content (AvgIpc) is 3.01. The van der Waals surface area contributed by atoms with Crippen LogP contribution in [0.15, 0.2) is 34.9 Å². The maximum Gasteiger partial charge on any atom is 0.401 e. The molecule has 0 spiro atoms. The zero-order valence-electron chi connectivity index (χ0n) is 13.9. The molecule has 0 saturated carbocycles. The molecule has 0 aliphatic carbocycles. The summed E-state index contributed by atoms with van der Waals surface area (Å²) in [6.45, 7) is 0.941. The molecule has 8 heteroatoms. The molecule has 0 unspecified atom stereocenters. The normalized spacial score (nSPS) is 22.3. The summed E-state index contributed by atoms with van der Waals surface area (Å²) >= 11 is 3.32. The van der Waals surface area contributed by atoms with Crippen molar-refractivity contribution in [2.75, 3.05) is 13.3 Å². The smallest absolute Gasteiger partial charge is 0.401 e. The van der Waals surface area contributed by atoms with Gasteiger partial charge in [-0.25, -0.2) is 0 Å². The van der Waals surface area contributed by atoms with Gasteiger partial charge in [0.15, 0.2) is 11.5 Å². The molecule has 1 aromatic carbocycles. The standard InChI is InChI=1S/C18H16BrF3N2O2/c1-10-4-11-5-15-16(26-9-25-15)6-13(11)17(24(10)8-18(20,21)22)14-3-2-12(19)7-23-14/h2-3,5-7,10,17H,4,8-9H2,1H3/t10-,17+/m1/s1. The second-order valence-corrected chi connectivity index (χ2v) is 7.46. The van der Waals surface area contributed by atoms with Crippen molar-refractivity contribution in [1.29, 1.82) is 0 Å². The van der Waals surface area contributed by atoms with Crippen molar-refractivity contribution in [2.45, 2.75) is 31.6 Å². The molecule has 4 rings (SSSR count). The molecule has 2 aliphatic heterocycles. The molecule has 1 aromatic heterocycles. The van der Waals surface area contributed by atoms with Crippen molar-refractivity contribution < 1.29 is 22.6 Å². The molecular formula is C18H16BrF3N2O2. The SMILES string of the molecule is C[C@@H]1Cc2cc3c(cc2[C@@H](c2ccc(Br)cn2)N1CC(F)(F)F)OCO3. The minimum absolute atomic E-state index is 0.126. The third-order valence-electron chi connectivity index (χ3n) is 4.73. The van der Waals surface area contributed by atoms with Crippen molar-refractivity contribution in [3.63, 3.8) is 0 Å². The minimum atomic E-state index is -4.30. The number of pyridine rings is 1. The molecule has 0 N–H and O–H groups in total. The van der Waals surface area contributed by atoms with Crippen molar-refractivity contribution >= 4 is 15.9 Å². The molecule has 0 bridgehead atoms. The van der Waals surface area contributed by atoms with Gasteiger partial charge in [-0.05, 0) is 64.7 Å². The Hall–Kier alpha value is -1.80. The summed E-state index contributed by atoms with van der Waals surface area (Å²) in [5.74, 6) is 1.20. The van der Waals surface area contributed by atoms with E-state index in [9.17, 15) is 13.2 Å². The largest absolute Gasteiger partial charge is 0.454 e. The molecule has 2 atom stereocenters. The van der Waals surface area contributed by atoms with E-state index < -0.39 is 18.8 Å². The van der Waals surface area contributed by atoms with Gasteiger partial charge in [-0.1, -0.05) is 0 Å². The molecule has 0 fully saturated rings. The van der Waals surface area contributed by atoms with E-state index in [1.54, 1.807) is 24.4 Å². The van der Waals surface area contributed by atoms with E-state index in [0.717, 1.165) is 15.6 Å². The van der Waals surface area contributed by atoms with Crippen LogP contribution < -0.4 is 9.47 Å². The number of nitrogens with zero attached hydrogens (tertiary/aromatic N) is 2. The second kappa shape index (κ2) is 6.42. The predicted molar refractivity (Wildman–Crippen MR) is 92.3 cm³/mol. The van der Waals surface area contributed by atoms with Crippen LogP contribution in [0, 0.1) is 0 Å². The molecular weight excluding hydrogens is 413 g/mol. The lowest BCUT2D eigenvalue weighted by atomic mass is 9.86. The maximum absolute atomic E-state index is 13.2. The Bertz CT molecular complexity index is 826. The summed E-state index contributed by atoms with van der Waals surface area (Å²) in [6, 6.07) is 6.33. The summed E-state index contributed by atoms with van der Waals surface area (Å²) in [7, 11) is 0. The van der Waals surface area contributed by atoms with Gasteiger partial charge < -0.3 is 9.47 Å². The van der Waals surface area contributed by atoms with Crippen LogP contribution in [0.5, 0.6) is 11.5 Å². The van der Waals surface area contributed by atoms with Gasteiger partial charge in [-0.3, -0.25) is 9.88 Å². The molecule has 2 aliphatic rings. The molecule has 0 saturated heterocycles. The first-order valence-corrected chi connectivity index (χ1v) is 8.97. The highest BCUT2D eigenvalue weighted by Crippen LogP contribution is 2.44. The first kappa shape index (κ1) is 17.6. The first-order chi connectivity index (χ1) is 12.3. The molecule has 4 nitrogen and oxygen atoms in total. The molecule has 0 amide bonds. The van der Waals surface area contributed by atoms with Crippen molar-refractivity contribution in [1.82, 2.24) is 9.88 Å². The molecule has 0 radical (unpaired) electrons. The zero-order chi connectivity index (χ0) is 18.5. The number of alkyl halides is 3. The Balaban J connectivity index is 1.84. The number of ether oxygens (including phenoxy) is 2. The second-order valence-electron chi connectivity index (χ2n) is 6.55. The highest BCUT2D eigenvalue weighted by Gasteiger charge is 2.41. The highest BCUT2D eigenvalue weighted by molar-refractivity contribution is 9.10. The van der Waals surface area contributed by atoms with E-state index in [2.05, 4.69) is 20.9 Å². The first-order valence-electron chi connectivity index (χ1n) is 8.18. The van der Waals surface area contributed by atoms with Crippen LogP contribution in [0.1, 0.15) is 29.8 Å². The van der Waals surface area contributed by atoms with E-state index in [0.29, 0.717) is 23.6 Å². The Morgan fingerprint density at radius 1 is 1.23 bits per heavy atom. The van der Waals surface area contributed by atoms with Crippen molar-refractivity contribution in [2.24, 2.45) is 0 Å². The lowest BCUT2D eigenvalue weighted by Gasteiger charge is -2.42. The highest BCUT2D eigenvalue weighted by atomic mass is 79.9. The maximum atomic E-state index is 13.2. The van der Waals surface area contributed by atoms with Gasteiger partial charge in [0.1, 0.15) is 0 Å². The third kappa shape index (κ3) is 3.27. The Morgan fingerprint density at radius 3 is 2.62 bits per heavy atom. The summed E-state index contributed by atoms with van der Waals surface area (Å²) in [5.41, 5.74) is 2.32. The Labute approximate surface area is 157 Å². The third-order valence-corrected chi connectivity index (χ3v) is 5.20. The summed E-state index contributed by atoms with van der Waals surface area (Å²) in [6.07, 6.45) is -2.18. The van der Waals surface area contributed by atoms with Crippen LogP contribution in [-0.4, -0.2) is 35.4 Å². The summed E-state index contributed by atoms with van der Waals surface area (Å²) < 4.78 is 51.4. The number of halogens is 4. The zero-order valence-corrected chi connectivity index (χ0v) is 15.5. The molecule has 2 aromatic rings. The number of rotatable bonds is 2. The number of hydrogen-bond acceptors (Lipinski definition) is 4. The average molecular weight is 429 g/mol. The van der Waals surface area contributed by atoms with Crippen LogP contribution in [0.3, 0.4) is 0 Å². The summed E-state index contributed by atoms with van der Waals surface area (Å²) in [5, 5.41) is 0. The van der Waals surface area contributed by atoms with E-state index in [1.807, 2.05) is 13.0 Å². The van der Waals surface area contributed by atoms with Gasteiger partial charge in [0, 0.05) is 16.7 Å². The van der Waals surface area contributed by atoms with Crippen LogP contribution in [-0.2, 0) is 6.42 Å². The molecule has 3 heterocycles. The predicted octanol–water partition coefficient (Wildman–Crippen LogP) is 4.47. The monoisotopic (exact) mass is 428 g/mol. The fourth-order valence-corrected chi connectivity index (χ4v) is 3.87. The minimum Gasteiger partial charge on any atom is -0.454 e. The van der Waals surface area contributed by atoms with Gasteiger partial charge >= 0.3 is 6.18 Å². The van der Waals surface area contributed by atoms with Gasteiger partial charge in [0.2, 0.25) is 6.79 Å². The lowest BCUT2D eigenvalue weighted by molar-refractivity contribution is -0.155. The number of fused-ring (bicyclic) bond motifs is 2. The van der Waals surface area contributed by atoms with Gasteiger partial charge in [-0.15, -0.1) is 0 Å². The van der Waals surface area contributed by atoms with Gasteiger partial charge in [-0.2, -0.15) is 13.2 Å². The van der Waals surface area contributed by atoms with E-state index in [-0.39, 0.29) is 12.8 Å². The van der Waals surface area contributed by atoms with Crippen molar-refractivity contribution in [3.05, 3.63) is 51.8 Å². The van der Waals surface area contributed by atoms with E-state index >= 15 is 0 Å². The number of benzene rings is 1. The molecule has 138 valence electrons. The van der Waals surface area contributed by atoms with Crippen molar-refractivity contribution in [3.8, 4) is 11.5 Å². The van der Waals surface area contributed by atoms with E-state index in [4.69, 9.17) is 9.47 Å². The topological polar surface area (TPSA) is 34.6 Å². The summed E-state index contributed by atoms with van der Waals surface area (Å²) in [4.78, 5) is 5.84. The van der Waals surface area contributed by atoms with E-state index in [1.165, 1.54) is 4.90 Å². The Morgan fingerprint density at radius 2 is 1.96 bits per heavy atom. The van der Waals surface area contributed by atoms with Gasteiger partial charge in [0.25, 0.3) is 0 Å². The fourth-order valence-electron chi connectivity index (χ4n) is 3.63.